The third-order valence-electron chi connectivity index (χ3n) is 2.43. The predicted octanol–water partition coefficient (Wildman–Crippen LogP) is 1.91. The van der Waals surface area contributed by atoms with Crippen LogP contribution in [0.25, 0.3) is 0 Å². The molecule has 112 valence electrons. The van der Waals surface area contributed by atoms with Gasteiger partial charge in [-0.15, -0.1) is 6.42 Å². The molecule has 0 amide bonds. The van der Waals surface area contributed by atoms with Crippen molar-refractivity contribution in [1.82, 2.24) is 0 Å². The number of ether oxygens (including phenoxy) is 1. The van der Waals surface area contributed by atoms with Gasteiger partial charge in [0.15, 0.2) is 0 Å². The van der Waals surface area contributed by atoms with Crippen LogP contribution in [0.4, 0.5) is 11.4 Å². The fraction of sp³-hybridized carbons (Fsp3) is 0.357. The summed E-state index contributed by atoms with van der Waals surface area (Å²) in [6.07, 6.45) is 5.04. The van der Waals surface area contributed by atoms with E-state index in [-0.39, 0.29) is 24.9 Å². The van der Waals surface area contributed by atoms with E-state index in [2.05, 4.69) is 5.92 Å². The van der Waals surface area contributed by atoms with Crippen molar-refractivity contribution in [3.63, 3.8) is 0 Å². The summed E-state index contributed by atoms with van der Waals surface area (Å²) < 4.78 is 5.45. The number of nitro benzene ring substituents is 1. The molecule has 1 aromatic rings. The van der Waals surface area contributed by atoms with Crippen molar-refractivity contribution in [3.8, 4) is 18.1 Å². The van der Waals surface area contributed by atoms with Crippen molar-refractivity contribution < 1.29 is 19.6 Å². The second-order valence-corrected chi connectivity index (χ2v) is 4.56. The van der Waals surface area contributed by atoms with E-state index in [1.807, 2.05) is 0 Å². The number of nitro groups is 1. The van der Waals surface area contributed by atoms with Crippen LogP contribution in [0.3, 0.4) is 0 Å². The highest BCUT2D eigenvalue weighted by Gasteiger charge is 2.17. The summed E-state index contributed by atoms with van der Waals surface area (Å²) in [5, 5.41) is 19.9. The topological polar surface area (TPSA) is 92.9 Å². The number of hydrogen-bond donors (Lipinski definition) is 1. The molecule has 0 saturated heterocycles. The molecule has 0 radical (unpaired) electrons. The number of carboxylic acid groups (broad SMARTS) is 1. The van der Waals surface area contributed by atoms with Crippen molar-refractivity contribution >= 4 is 17.3 Å². The van der Waals surface area contributed by atoms with E-state index >= 15 is 0 Å². The highest BCUT2D eigenvalue weighted by Crippen LogP contribution is 2.29. The van der Waals surface area contributed by atoms with Crippen LogP contribution in [0.5, 0.6) is 5.75 Å². The molecule has 0 aromatic heterocycles. The van der Waals surface area contributed by atoms with Crippen molar-refractivity contribution in [2.45, 2.75) is 20.0 Å². The van der Waals surface area contributed by atoms with E-state index in [4.69, 9.17) is 16.3 Å². The molecule has 0 unspecified atom stereocenters. The Morgan fingerprint density at radius 2 is 2.19 bits per heavy atom. The molecule has 0 fully saturated rings. The van der Waals surface area contributed by atoms with Gasteiger partial charge >= 0.3 is 5.97 Å². The minimum Gasteiger partial charge on any atom is -0.491 e. The molecular formula is C14H16N2O5. The van der Waals surface area contributed by atoms with Gasteiger partial charge in [0.25, 0.3) is 5.69 Å². The third kappa shape index (κ3) is 5.03. The van der Waals surface area contributed by atoms with Crippen LogP contribution in [0.15, 0.2) is 18.2 Å². The number of terminal acetylenes is 1. The molecular weight excluding hydrogens is 276 g/mol. The summed E-state index contributed by atoms with van der Waals surface area (Å²) in [6, 6.07) is 4.10. The quantitative estimate of drug-likeness (QED) is 0.469. The minimum atomic E-state index is -1.08. The summed E-state index contributed by atoms with van der Waals surface area (Å²) in [4.78, 5) is 22.6. The molecule has 0 spiro atoms. The Morgan fingerprint density at radius 3 is 2.67 bits per heavy atom. The summed E-state index contributed by atoms with van der Waals surface area (Å²) in [5.74, 6) is 1.55. The molecule has 1 rings (SSSR count). The molecule has 1 aromatic carbocycles. The van der Waals surface area contributed by atoms with Crippen molar-refractivity contribution in [3.05, 3.63) is 28.3 Å². The number of carboxylic acids is 1. The molecule has 7 nitrogen and oxygen atoms in total. The van der Waals surface area contributed by atoms with Gasteiger partial charge in [-0.05, 0) is 13.8 Å². The number of nitrogens with zero attached hydrogens (tertiary/aromatic N) is 2. The first-order valence-electron chi connectivity index (χ1n) is 6.19. The lowest BCUT2D eigenvalue weighted by Crippen LogP contribution is -2.30. The van der Waals surface area contributed by atoms with E-state index in [0.29, 0.717) is 11.4 Å². The highest BCUT2D eigenvalue weighted by atomic mass is 16.6. The second-order valence-electron chi connectivity index (χ2n) is 4.56. The van der Waals surface area contributed by atoms with Crippen molar-refractivity contribution in [1.29, 1.82) is 0 Å². The van der Waals surface area contributed by atoms with Crippen LogP contribution in [0.2, 0.25) is 0 Å². The number of non-ortho nitro benzene ring substituents is 1. The van der Waals surface area contributed by atoms with Crippen LogP contribution in [0, 0.1) is 22.5 Å². The maximum Gasteiger partial charge on any atom is 0.323 e. The van der Waals surface area contributed by atoms with Gasteiger partial charge in [0.1, 0.15) is 12.3 Å². The van der Waals surface area contributed by atoms with Crippen LogP contribution < -0.4 is 9.64 Å². The second kappa shape index (κ2) is 7.14. The molecule has 0 heterocycles. The van der Waals surface area contributed by atoms with E-state index in [1.165, 1.54) is 23.1 Å². The summed E-state index contributed by atoms with van der Waals surface area (Å²) >= 11 is 0. The Bertz CT molecular complexity index is 577. The van der Waals surface area contributed by atoms with Crippen molar-refractivity contribution in [2.24, 2.45) is 0 Å². The number of anilines is 1. The van der Waals surface area contributed by atoms with Crippen LogP contribution >= 0.6 is 0 Å². The Kier molecular flexibility index (Phi) is 5.55. The summed E-state index contributed by atoms with van der Waals surface area (Å²) in [5.41, 5.74) is 0.149. The number of aliphatic carboxylic acids is 1. The molecule has 21 heavy (non-hydrogen) atoms. The Labute approximate surface area is 122 Å². The Hall–Kier alpha value is -2.75. The molecule has 0 aliphatic heterocycles. The first-order valence-corrected chi connectivity index (χ1v) is 6.19. The van der Waals surface area contributed by atoms with Gasteiger partial charge in [0, 0.05) is 17.8 Å². The summed E-state index contributed by atoms with van der Waals surface area (Å²) in [7, 11) is 0. The van der Waals surface area contributed by atoms with E-state index < -0.39 is 10.9 Å². The summed E-state index contributed by atoms with van der Waals surface area (Å²) in [6.45, 7) is 3.24. The zero-order valence-corrected chi connectivity index (χ0v) is 11.8. The number of hydrogen-bond acceptors (Lipinski definition) is 5. The zero-order valence-electron chi connectivity index (χ0n) is 11.8. The van der Waals surface area contributed by atoms with Gasteiger partial charge in [-0.3, -0.25) is 14.9 Å². The maximum atomic E-state index is 11.0. The SMILES string of the molecule is C#CCN(CC(=O)O)c1cc(OC(C)C)cc([N+](=O)[O-])c1. The van der Waals surface area contributed by atoms with Gasteiger partial charge in [-0.1, -0.05) is 5.92 Å². The molecule has 0 atom stereocenters. The highest BCUT2D eigenvalue weighted by molar-refractivity contribution is 5.74. The Balaban J connectivity index is 3.24. The van der Waals surface area contributed by atoms with Gasteiger partial charge in [0.2, 0.25) is 0 Å². The normalized spacial score (nSPS) is 10.0. The molecule has 0 aliphatic carbocycles. The standard InChI is InChI=1S/C14H16N2O5/c1-4-5-15(9-14(17)18)11-6-12(16(19)20)8-13(7-11)21-10(2)3/h1,6-8,10H,5,9H2,2-3H3,(H,17,18). The molecule has 7 heteroatoms. The first kappa shape index (κ1) is 16.3. The fourth-order valence-corrected chi connectivity index (χ4v) is 1.71. The van der Waals surface area contributed by atoms with Gasteiger partial charge in [-0.25, -0.2) is 0 Å². The molecule has 0 bridgehead atoms. The van der Waals surface area contributed by atoms with Crippen LogP contribution in [-0.4, -0.2) is 35.2 Å². The molecule has 0 aliphatic rings. The van der Waals surface area contributed by atoms with Gasteiger partial charge in [-0.2, -0.15) is 0 Å². The smallest absolute Gasteiger partial charge is 0.323 e. The minimum absolute atomic E-state index is 0.0224. The number of rotatable bonds is 7. The maximum absolute atomic E-state index is 11.0. The first-order chi connectivity index (χ1) is 9.83. The monoisotopic (exact) mass is 292 g/mol. The third-order valence-corrected chi connectivity index (χ3v) is 2.43. The fourth-order valence-electron chi connectivity index (χ4n) is 1.71. The lowest BCUT2D eigenvalue weighted by molar-refractivity contribution is -0.384. The zero-order chi connectivity index (χ0) is 16.0. The number of benzene rings is 1. The van der Waals surface area contributed by atoms with Crippen molar-refractivity contribution in [2.75, 3.05) is 18.0 Å². The average molecular weight is 292 g/mol. The number of carbonyl (C=O) groups is 1. The average Bonchev–Trinajstić information content (AvgIpc) is 2.36. The van der Waals surface area contributed by atoms with Gasteiger partial charge < -0.3 is 14.7 Å². The van der Waals surface area contributed by atoms with E-state index in [1.54, 1.807) is 13.8 Å². The molecule has 1 N–H and O–H groups in total. The lowest BCUT2D eigenvalue weighted by Gasteiger charge is -2.21. The molecule has 0 saturated carbocycles. The largest absolute Gasteiger partial charge is 0.491 e. The van der Waals surface area contributed by atoms with Crippen LogP contribution in [0.1, 0.15) is 13.8 Å². The van der Waals surface area contributed by atoms with E-state index in [0.717, 1.165) is 0 Å². The predicted molar refractivity (Wildman–Crippen MR) is 77.5 cm³/mol. The van der Waals surface area contributed by atoms with Crippen LogP contribution in [-0.2, 0) is 4.79 Å². The van der Waals surface area contributed by atoms with E-state index in [9.17, 15) is 14.9 Å². The van der Waals surface area contributed by atoms with Gasteiger partial charge in [0.05, 0.1) is 23.6 Å². The lowest BCUT2D eigenvalue weighted by atomic mass is 10.2. The Morgan fingerprint density at radius 1 is 1.52 bits per heavy atom.